The van der Waals surface area contributed by atoms with Gasteiger partial charge in [-0.2, -0.15) is 0 Å². The first-order valence-electron chi connectivity index (χ1n) is 3.75. The highest BCUT2D eigenvalue weighted by atomic mass is 14.5. The molecule has 0 aliphatic carbocycles. The Morgan fingerprint density at radius 3 is 2.09 bits per heavy atom. The van der Waals surface area contributed by atoms with Gasteiger partial charge in [0, 0.05) is 0 Å². The molecule has 0 fully saturated rings. The van der Waals surface area contributed by atoms with Gasteiger partial charge < -0.3 is 11.5 Å². The third-order valence-corrected chi connectivity index (χ3v) is 1.28. The van der Waals surface area contributed by atoms with Crippen LogP contribution in [0.15, 0.2) is 30.3 Å². The third-order valence-electron chi connectivity index (χ3n) is 1.28. The highest BCUT2D eigenvalue weighted by Crippen LogP contribution is 1.96. The zero-order valence-corrected chi connectivity index (χ0v) is 6.96. The van der Waals surface area contributed by atoms with Gasteiger partial charge >= 0.3 is 0 Å². The fraction of sp³-hybridized carbons (Fsp3) is 0.333. The Bertz CT molecular complexity index is 160. The minimum Gasteiger partial charge on any atom is -0.333 e. The molecule has 0 saturated heterocycles. The molecule has 2 heteroatoms. The van der Waals surface area contributed by atoms with Gasteiger partial charge in [-0.05, 0) is 25.6 Å². The molecule has 1 aromatic rings. The van der Waals surface area contributed by atoms with Gasteiger partial charge in [-0.3, -0.25) is 0 Å². The van der Waals surface area contributed by atoms with Crippen molar-refractivity contribution >= 4 is 0 Å². The molecule has 0 bridgehead atoms. The maximum atomic E-state index is 5.36. The van der Waals surface area contributed by atoms with E-state index in [0.29, 0.717) is 0 Å². The van der Waals surface area contributed by atoms with Crippen molar-refractivity contribution in [3.8, 4) is 0 Å². The van der Waals surface area contributed by atoms with Crippen LogP contribution in [0, 0.1) is 0 Å². The largest absolute Gasteiger partial charge is 0.333 e. The zero-order valence-electron chi connectivity index (χ0n) is 6.96. The lowest BCUT2D eigenvalue weighted by Gasteiger charge is -1.93. The average molecular weight is 152 g/mol. The Morgan fingerprint density at radius 2 is 1.64 bits per heavy atom. The summed E-state index contributed by atoms with van der Waals surface area (Å²) in [5.41, 5.74) is 11.2. The molecule has 0 heterocycles. The molecule has 2 nitrogen and oxygen atoms in total. The van der Waals surface area contributed by atoms with Gasteiger partial charge in [0.15, 0.2) is 0 Å². The number of hydrogen-bond donors (Lipinski definition) is 2. The van der Waals surface area contributed by atoms with E-state index in [2.05, 4.69) is 17.9 Å². The average Bonchev–Trinajstić information content (AvgIpc) is 2.11. The van der Waals surface area contributed by atoms with Gasteiger partial charge in [-0.1, -0.05) is 30.3 Å². The lowest BCUT2D eigenvalue weighted by Crippen LogP contribution is -2.01. The highest BCUT2D eigenvalue weighted by molar-refractivity contribution is 5.14. The van der Waals surface area contributed by atoms with Gasteiger partial charge in [0.2, 0.25) is 0 Å². The van der Waals surface area contributed by atoms with E-state index in [9.17, 15) is 0 Å². The van der Waals surface area contributed by atoms with Crippen LogP contribution in [0.25, 0.3) is 0 Å². The SMILES string of the molecule is CN.NCCc1ccccc1. The molecule has 0 spiro atoms. The van der Waals surface area contributed by atoms with E-state index in [1.54, 1.807) is 0 Å². The summed E-state index contributed by atoms with van der Waals surface area (Å²) in [7, 11) is 1.50. The Balaban J connectivity index is 0.000000461. The van der Waals surface area contributed by atoms with E-state index >= 15 is 0 Å². The maximum Gasteiger partial charge on any atom is -0.00367 e. The molecule has 1 rings (SSSR count). The monoisotopic (exact) mass is 152 g/mol. The van der Waals surface area contributed by atoms with Crippen LogP contribution in [-0.4, -0.2) is 13.6 Å². The number of benzene rings is 1. The van der Waals surface area contributed by atoms with Crippen LogP contribution in [0.2, 0.25) is 0 Å². The van der Waals surface area contributed by atoms with E-state index in [4.69, 9.17) is 5.73 Å². The van der Waals surface area contributed by atoms with E-state index < -0.39 is 0 Å². The lowest BCUT2D eigenvalue weighted by atomic mass is 10.2. The summed E-state index contributed by atoms with van der Waals surface area (Å²) in [5.74, 6) is 0. The fourth-order valence-electron chi connectivity index (χ4n) is 0.811. The van der Waals surface area contributed by atoms with Crippen molar-refractivity contribution in [2.24, 2.45) is 11.5 Å². The fourth-order valence-corrected chi connectivity index (χ4v) is 0.811. The first-order chi connectivity index (χ1) is 5.43. The van der Waals surface area contributed by atoms with Gasteiger partial charge in [0.1, 0.15) is 0 Å². The van der Waals surface area contributed by atoms with Crippen LogP contribution >= 0.6 is 0 Å². The van der Waals surface area contributed by atoms with E-state index in [-0.39, 0.29) is 0 Å². The lowest BCUT2D eigenvalue weighted by molar-refractivity contribution is 0.969. The molecule has 0 aliphatic heterocycles. The molecule has 4 N–H and O–H groups in total. The van der Waals surface area contributed by atoms with E-state index in [1.165, 1.54) is 12.6 Å². The van der Waals surface area contributed by atoms with Gasteiger partial charge in [-0.25, -0.2) is 0 Å². The topological polar surface area (TPSA) is 52.0 Å². The van der Waals surface area contributed by atoms with Crippen LogP contribution in [-0.2, 0) is 6.42 Å². The molecule has 0 amide bonds. The number of hydrogen-bond acceptors (Lipinski definition) is 2. The molecule has 11 heavy (non-hydrogen) atoms. The molecular formula is C9H16N2. The smallest absolute Gasteiger partial charge is 0.00367 e. The van der Waals surface area contributed by atoms with Crippen molar-refractivity contribution in [1.82, 2.24) is 0 Å². The van der Waals surface area contributed by atoms with Crippen molar-refractivity contribution < 1.29 is 0 Å². The predicted octanol–water partition coefficient (Wildman–Crippen LogP) is 0.763. The molecule has 0 atom stereocenters. The molecule has 0 radical (unpaired) electrons. The summed E-state index contributed by atoms with van der Waals surface area (Å²) in [5, 5.41) is 0. The summed E-state index contributed by atoms with van der Waals surface area (Å²) in [6.45, 7) is 0.740. The summed E-state index contributed by atoms with van der Waals surface area (Å²) in [6, 6.07) is 10.3. The Morgan fingerprint density at radius 1 is 1.09 bits per heavy atom. The van der Waals surface area contributed by atoms with Gasteiger partial charge in [-0.15, -0.1) is 0 Å². The summed E-state index contributed by atoms with van der Waals surface area (Å²) < 4.78 is 0. The second kappa shape index (κ2) is 7.25. The molecule has 1 aromatic carbocycles. The van der Waals surface area contributed by atoms with Crippen molar-refractivity contribution in [3.05, 3.63) is 35.9 Å². The third kappa shape index (κ3) is 4.53. The van der Waals surface area contributed by atoms with Crippen LogP contribution in [0.5, 0.6) is 0 Å². The van der Waals surface area contributed by atoms with Crippen molar-refractivity contribution in [2.45, 2.75) is 6.42 Å². The first-order valence-corrected chi connectivity index (χ1v) is 3.75. The van der Waals surface area contributed by atoms with E-state index in [0.717, 1.165) is 13.0 Å². The quantitative estimate of drug-likeness (QED) is 0.657. The molecule has 0 saturated carbocycles. The van der Waals surface area contributed by atoms with Crippen LogP contribution in [0.4, 0.5) is 0 Å². The molecule has 0 unspecified atom stereocenters. The standard InChI is InChI=1S/C8H11N.CH5N/c9-7-6-8-4-2-1-3-5-8;1-2/h1-5H,6-7,9H2;2H2,1H3. The van der Waals surface area contributed by atoms with Crippen molar-refractivity contribution in [2.75, 3.05) is 13.6 Å². The Labute approximate surface area is 68.2 Å². The minimum atomic E-state index is 0.740. The summed E-state index contributed by atoms with van der Waals surface area (Å²) in [4.78, 5) is 0. The first kappa shape index (κ1) is 10.1. The van der Waals surface area contributed by atoms with Crippen molar-refractivity contribution in [3.63, 3.8) is 0 Å². The van der Waals surface area contributed by atoms with Gasteiger partial charge in [0.05, 0.1) is 0 Å². The van der Waals surface area contributed by atoms with Gasteiger partial charge in [0.25, 0.3) is 0 Å². The normalized spacial score (nSPS) is 8.27. The van der Waals surface area contributed by atoms with E-state index in [1.807, 2.05) is 18.2 Å². The molecule has 62 valence electrons. The van der Waals surface area contributed by atoms with Crippen LogP contribution in [0.1, 0.15) is 5.56 Å². The van der Waals surface area contributed by atoms with Crippen molar-refractivity contribution in [1.29, 1.82) is 0 Å². The highest BCUT2D eigenvalue weighted by Gasteiger charge is 1.84. The number of nitrogens with two attached hydrogens (primary N) is 2. The van der Waals surface area contributed by atoms with Crippen LogP contribution < -0.4 is 11.5 Å². The Hall–Kier alpha value is -0.860. The predicted molar refractivity (Wildman–Crippen MR) is 49.3 cm³/mol. The second-order valence-corrected chi connectivity index (χ2v) is 2.02. The zero-order chi connectivity index (χ0) is 8.53. The molecular weight excluding hydrogens is 136 g/mol. The maximum absolute atomic E-state index is 5.36. The molecule has 0 aliphatic rings. The summed E-state index contributed by atoms with van der Waals surface area (Å²) in [6.07, 6.45) is 0.987. The minimum absolute atomic E-state index is 0.740. The Kier molecular flexibility index (Phi) is 6.68. The molecule has 0 aromatic heterocycles. The summed E-state index contributed by atoms with van der Waals surface area (Å²) >= 11 is 0. The second-order valence-electron chi connectivity index (χ2n) is 2.02. The number of rotatable bonds is 2. The van der Waals surface area contributed by atoms with Crippen LogP contribution in [0.3, 0.4) is 0 Å².